The van der Waals surface area contributed by atoms with Gasteiger partial charge in [-0.1, -0.05) is 10.7 Å². The highest BCUT2D eigenvalue weighted by Crippen LogP contribution is 2.31. The zero-order valence-electron chi connectivity index (χ0n) is 12.2. The first-order chi connectivity index (χ1) is 9.25. The quantitative estimate of drug-likeness (QED) is 0.909. The topological polar surface area (TPSA) is 54.2 Å². The number of piperazine rings is 1. The maximum atomic E-state index is 5.47. The van der Waals surface area contributed by atoms with E-state index in [2.05, 4.69) is 34.3 Å². The highest BCUT2D eigenvalue weighted by Gasteiger charge is 2.26. The van der Waals surface area contributed by atoms with E-state index in [-0.39, 0.29) is 18.4 Å². The van der Waals surface area contributed by atoms with Crippen LogP contribution in [0, 0.1) is 0 Å². The molecule has 1 atom stereocenters. The van der Waals surface area contributed by atoms with Crippen LogP contribution in [0.25, 0.3) is 5.57 Å². The molecule has 1 aromatic heterocycles. The molecule has 2 heterocycles. The van der Waals surface area contributed by atoms with Gasteiger partial charge in [0.15, 0.2) is 5.82 Å². The Bertz CT molecular complexity index is 477. The summed E-state index contributed by atoms with van der Waals surface area (Å²) in [5.74, 6) is 1.52. The van der Waals surface area contributed by atoms with Crippen molar-refractivity contribution in [2.45, 2.75) is 38.6 Å². The Balaban J connectivity index is 0.00000147. The van der Waals surface area contributed by atoms with E-state index >= 15 is 0 Å². The summed E-state index contributed by atoms with van der Waals surface area (Å²) in [6.45, 7) is 5.06. The lowest BCUT2D eigenvalue weighted by molar-refractivity contribution is 0.190. The molecule has 1 aromatic rings. The smallest absolute Gasteiger partial charge is 0.253 e. The molecule has 6 heteroatoms. The fourth-order valence-electron chi connectivity index (χ4n) is 2.94. The number of likely N-dealkylation sites (N-methyl/N-ethyl adjacent to an activating group) is 1. The van der Waals surface area contributed by atoms with Crippen molar-refractivity contribution in [2.75, 3.05) is 26.7 Å². The highest BCUT2D eigenvalue weighted by atomic mass is 35.5. The first-order valence-corrected chi connectivity index (χ1v) is 7.19. The normalized spacial score (nSPS) is 23.7. The molecule has 1 aliphatic carbocycles. The van der Waals surface area contributed by atoms with Crippen LogP contribution in [-0.4, -0.2) is 41.7 Å². The number of rotatable bonds is 2. The Morgan fingerprint density at radius 3 is 2.80 bits per heavy atom. The molecule has 0 amide bonds. The van der Waals surface area contributed by atoms with Gasteiger partial charge < -0.3 is 9.84 Å². The number of halogens is 1. The Kier molecular flexibility index (Phi) is 5.18. The summed E-state index contributed by atoms with van der Waals surface area (Å²) in [7, 11) is 2.11. The van der Waals surface area contributed by atoms with Crippen LogP contribution >= 0.6 is 12.4 Å². The molecule has 1 unspecified atom stereocenters. The van der Waals surface area contributed by atoms with Crippen molar-refractivity contribution in [1.29, 1.82) is 0 Å². The Morgan fingerprint density at radius 2 is 2.10 bits per heavy atom. The maximum absolute atomic E-state index is 5.47. The van der Waals surface area contributed by atoms with Crippen LogP contribution in [0.15, 0.2) is 10.1 Å². The summed E-state index contributed by atoms with van der Waals surface area (Å²) >= 11 is 0. The molecule has 1 aliphatic heterocycles. The fraction of sp³-hybridized carbons (Fsp3) is 0.714. The van der Waals surface area contributed by atoms with Gasteiger partial charge in [-0.15, -0.1) is 12.4 Å². The van der Waals surface area contributed by atoms with Crippen LogP contribution in [0.3, 0.4) is 0 Å². The first kappa shape index (κ1) is 15.5. The molecule has 20 heavy (non-hydrogen) atoms. The van der Waals surface area contributed by atoms with Gasteiger partial charge in [-0.2, -0.15) is 4.98 Å². The molecule has 5 nitrogen and oxygen atoms in total. The van der Waals surface area contributed by atoms with E-state index in [9.17, 15) is 0 Å². The van der Waals surface area contributed by atoms with Gasteiger partial charge in [0.1, 0.15) is 0 Å². The van der Waals surface area contributed by atoms with Gasteiger partial charge in [0, 0.05) is 25.2 Å². The number of hydrogen-bond acceptors (Lipinski definition) is 5. The van der Waals surface area contributed by atoms with Gasteiger partial charge in [0.25, 0.3) is 5.89 Å². The van der Waals surface area contributed by atoms with Crippen LogP contribution in [0.4, 0.5) is 0 Å². The van der Waals surface area contributed by atoms with E-state index in [1.165, 1.54) is 36.8 Å². The first-order valence-electron chi connectivity index (χ1n) is 7.19. The third-order valence-corrected chi connectivity index (χ3v) is 4.31. The molecule has 0 aromatic carbocycles. The highest BCUT2D eigenvalue weighted by molar-refractivity contribution is 5.85. The minimum atomic E-state index is 0. The third kappa shape index (κ3) is 3.05. The molecular formula is C14H23ClN4O. The van der Waals surface area contributed by atoms with Crippen molar-refractivity contribution in [3.8, 4) is 0 Å². The van der Waals surface area contributed by atoms with E-state index < -0.39 is 0 Å². The second kappa shape index (κ2) is 6.70. The predicted octanol–water partition coefficient (Wildman–Crippen LogP) is 2.42. The lowest BCUT2D eigenvalue weighted by Crippen LogP contribution is -2.44. The number of allylic oxidation sites excluding steroid dienone is 2. The third-order valence-electron chi connectivity index (χ3n) is 4.31. The summed E-state index contributed by atoms with van der Waals surface area (Å²) in [4.78, 5) is 6.89. The van der Waals surface area contributed by atoms with Crippen molar-refractivity contribution in [2.24, 2.45) is 0 Å². The molecule has 0 radical (unpaired) electrons. The number of nitrogens with zero attached hydrogens (tertiary/aromatic N) is 3. The zero-order valence-corrected chi connectivity index (χ0v) is 13.0. The second-order valence-corrected chi connectivity index (χ2v) is 5.59. The molecule has 2 fully saturated rings. The zero-order chi connectivity index (χ0) is 13.2. The van der Waals surface area contributed by atoms with Crippen molar-refractivity contribution < 1.29 is 4.52 Å². The summed E-state index contributed by atoms with van der Waals surface area (Å²) in [6, 6.07) is 0.229. The number of hydrogen-bond donors (Lipinski definition) is 1. The van der Waals surface area contributed by atoms with Gasteiger partial charge in [0.05, 0.1) is 6.04 Å². The van der Waals surface area contributed by atoms with Gasteiger partial charge in [-0.05, 0) is 39.7 Å². The Hall–Kier alpha value is -0.910. The Morgan fingerprint density at radius 1 is 1.35 bits per heavy atom. The summed E-state index contributed by atoms with van der Waals surface area (Å²) < 4.78 is 5.47. The molecule has 0 bridgehead atoms. The van der Waals surface area contributed by atoms with Gasteiger partial charge in [-0.3, -0.25) is 4.90 Å². The largest absolute Gasteiger partial charge is 0.334 e. The van der Waals surface area contributed by atoms with Crippen LogP contribution in [-0.2, 0) is 0 Å². The van der Waals surface area contributed by atoms with E-state index in [1.807, 2.05) is 0 Å². The summed E-state index contributed by atoms with van der Waals surface area (Å²) in [5.41, 5.74) is 2.69. The van der Waals surface area contributed by atoms with E-state index in [1.54, 1.807) is 0 Å². The number of nitrogens with one attached hydrogen (secondary N) is 1. The van der Waals surface area contributed by atoms with Crippen LogP contribution in [0.5, 0.6) is 0 Å². The Labute approximate surface area is 126 Å². The monoisotopic (exact) mass is 298 g/mol. The van der Waals surface area contributed by atoms with Crippen LogP contribution < -0.4 is 5.32 Å². The maximum Gasteiger partial charge on any atom is 0.253 e. The average Bonchev–Trinajstić information content (AvgIpc) is 3.10. The van der Waals surface area contributed by atoms with Crippen molar-refractivity contribution >= 4 is 18.0 Å². The fourth-order valence-corrected chi connectivity index (χ4v) is 2.94. The molecule has 2 aliphatic rings. The standard InChI is InChI=1S/C14H22N4O.ClH/c1-10(11-5-3-4-6-11)14-16-13(17-19-14)12-9-15-7-8-18(12)2;/h12,15H,3-9H2,1-2H3;1H. The van der Waals surface area contributed by atoms with Crippen LogP contribution in [0.2, 0.25) is 0 Å². The van der Waals surface area contributed by atoms with Crippen LogP contribution in [0.1, 0.15) is 50.4 Å². The van der Waals surface area contributed by atoms with Crippen molar-refractivity contribution in [3.63, 3.8) is 0 Å². The minimum Gasteiger partial charge on any atom is -0.334 e. The predicted molar refractivity (Wildman–Crippen MR) is 80.8 cm³/mol. The van der Waals surface area contributed by atoms with E-state index in [4.69, 9.17) is 4.52 Å². The molecule has 1 N–H and O–H groups in total. The van der Waals surface area contributed by atoms with Crippen molar-refractivity contribution in [3.05, 3.63) is 17.3 Å². The lowest BCUT2D eigenvalue weighted by Gasteiger charge is -2.30. The molecule has 112 valence electrons. The minimum absolute atomic E-state index is 0. The van der Waals surface area contributed by atoms with Gasteiger partial charge in [0.2, 0.25) is 0 Å². The lowest BCUT2D eigenvalue weighted by atomic mass is 10.1. The molecule has 1 saturated carbocycles. The van der Waals surface area contributed by atoms with E-state index in [0.717, 1.165) is 25.5 Å². The molecule has 1 saturated heterocycles. The van der Waals surface area contributed by atoms with Crippen molar-refractivity contribution in [1.82, 2.24) is 20.4 Å². The second-order valence-electron chi connectivity index (χ2n) is 5.59. The molecule has 0 spiro atoms. The van der Waals surface area contributed by atoms with Gasteiger partial charge in [-0.25, -0.2) is 0 Å². The summed E-state index contributed by atoms with van der Waals surface area (Å²) in [5, 5.41) is 7.56. The molecule has 3 rings (SSSR count). The van der Waals surface area contributed by atoms with E-state index in [0.29, 0.717) is 5.89 Å². The summed E-state index contributed by atoms with van der Waals surface area (Å²) in [6.07, 6.45) is 4.97. The SMILES string of the molecule is CC(=C1CCCC1)c1nc(C2CNCCN2C)no1.Cl. The number of aromatic nitrogens is 2. The average molecular weight is 299 g/mol. The van der Waals surface area contributed by atoms with Gasteiger partial charge >= 0.3 is 0 Å². The molecular weight excluding hydrogens is 276 g/mol.